The minimum absolute atomic E-state index is 0.206. The molecular formula is C22H18N4O5. The molecule has 5 rings (SSSR count). The topological polar surface area (TPSA) is 111 Å². The fraction of sp³-hybridized carbons (Fsp3) is 0.136. The van der Waals surface area contributed by atoms with Crippen LogP contribution in [0.2, 0.25) is 0 Å². The smallest absolute Gasteiger partial charge is 0.350 e. The maximum atomic E-state index is 12.9. The van der Waals surface area contributed by atoms with Gasteiger partial charge in [-0.15, -0.1) is 4.68 Å². The molecule has 1 aliphatic rings. The molecule has 2 aromatic carbocycles. The monoisotopic (exact) mass is 418 g/mol. The number of ether oxygens (including phenoxy) is 3. The van der Waals surface area contributed by atoms with Crippen molar-refractivity contribution in [2.45, 2.75) is 6.92 Å². The Morgan fingerprint density at radius 3 is 2.77 bits per heavy atom. The fourth-order valence-corrected chi connectivity index (χ4v) is 3.50. The van der Waals surface area contributed by atoms with E-state index in [-0.39, 0.29) is 12.3 Å². The molecular weight excluding hydrogens is 400 g/mol. The molecule has 0 radical (unpaired) electrons. The number of nitrogens with zero attached hydrogens (tertiary/aromatic N) is 2. The Labute approximate surface area is 175 Å². The molecule has 0 fully saturated rings. The van der Waals surface area contributed by atoms with Crippen molar-refractivity contribution < 1.29 is 14.2 Å². The molecule has 31 heavy (non-hydrogen) atoms. The van der Waals surface area contributed by atoms with E-state index < -0.39 is 11.2 Å². The van der Waals surface area contributed by atoms with Gasteiger partial charge in [0, 0.05) is 10.9 Å². The summed E-state index contributed by atoms with van der Waals surface area (Å²) in [4.78, 5) is 31.2. The predicted molar refractivity (Wildman–Crippen MR) is 117 cm³/mol. The molecule has 0 saturated carbocycles. The Morgan fingerprint density at radius 2 is 1.94 bits per heavy atom. The first-order chi connectivity index (χ1) is 15.0. The zero-order chi connectivity index (χ0) is 21.5. The van der Waals surface area contributed by atoms with E-state index in [2.05, 4.69) is 15.1 Å². The van der Waals surface area contributed by atoms with Crippen LogP contribution in [0.3, 0.4) is 0 Å². The van der Waals surface area contributed by atoms with Crippen molar-refractivity contribution in [1.29, 1.82) is 0 Å². The average Bonchev–Trinajstić information content (AvgIpc) is 3.37. The van der Waals surface area contributed by atoms with Crippen LogP contribution in [-0.4, -0.2) is 34.8 Å². The van der Waals surface area contributed by atoms with Gasteiger partial charge in [-0.3, -0.25) is 4.79 Å². The highest BCUT2D eigenvalue weighted by molar-refractivity contribution is 6.04. The van der Waals surface area contributed by atoms with Crippen LogP contribution in [0.1, 0.15) is 12.5 Å². The average molecular weight is 418 g/mol. The van der Waals surface area contributed by atoms with Crippen LogP contribution in [0.15, 0.2) is 56.7 Å². The number of H-pyrrole nitrogens is 2. The minimum atomic E-state index is -0.631. The first-order valence-corrected chi connectivity index (χ1v) is 9.50. The summed E-state index contributed by atoms with van der Waals surface area (Å²) in [5, 5.41) is 4.79. The Bertz CT molecular complexity index is 1510. The molecule has 0 saturated heterocycles. The van der Waals surface area contributed by atoms with E-state index in [9.17, 15) is 9.59 Å². The normalized spacial score (nSPS) is 13.5. The van der Waals surface area contributed by atoms with Crippen LogP contribution in [0, 0.1) is 0 Å². The van der Waals surface area contributed by atoms with E-state index in [4.69, 9.17) is 14.2 Å². The van der Waals surface area contributed by atoms with Gasteiger partial charge in [0.05, 0.1) is 18.8 Å². The van der Waals surface area contributed by atoms with E-state index in [1.54, 1.807) is 25.3 Å². The highest BCUT2D eigenvalue weighted by Crippen LogP contribution is 2.33. The molecule has 0 unspecified atom stereocenters. The van der Waals surface area contributed by atoms with Crippen LogP contribution in [0.5, 0.6) is 17.2 Å². The van der Waals surface area contributed by atoms with Crippen LogP contribution < -0.4 is 25.5 Å². The Morgan fingerprint density at radius 1 is 1.10 bits per heavy atom. The zero-order valence-corrected chi connectivity index (χ0v) is 16.8. The SMILES string of the molecule is COc1ccc2[nH]c3c(=O)n(N=CC(C)=Cc4ccc5c(c4)OCO5)c(=O)[nH]c3c2c1. The first-order valence-electron chi connectivity index (χ1n) is 9.50. The van der Waals surface area contributed by atoms with Gasteiger partial charge in [0.25, 0.3) is 0 Å². The van der Waals surface area contributed by atoms with Crippen molar-refractivity contribution in [1.82, 2.24) is 14.6 Å². The zero-order valence-electron chi connectivity index (χ0n) is 16.8. The van der Waals surface area contributed by atoms with Crippen LogP contribution in [0.25, 0.3) is 28.0 Å². The van der Waals surface area contributed by atoms with Gasteiger partial charge in [0.1, 0.15) is 11.3 Å². The Hall–Kier alpha value is -4.27. The summed E-state index contributed by atoms with van der Waals surface area (Å²) in [5.74, 6) is 2.00. The molecule has 1 aliphatic heterocycles. The van der Waals surface area contributed by atoms with E-state index in [1.165, 1.54) is 6.21 Å². The van der Waals surface area contributed by atoms with E-state index in [1.807, 2.05) is 31.2 Å². The molecule has 2 aromatic heterocycles. The predicted octanol–water partition coefficient (Wildman–Crippen LogP) is 2.85. The van der Waals surface area contributed by atoms with Gasteiger partial charge in [-0.25, -0.2) is 4.79 Å². The van der Waals surface area contributed by atoms with Crippen molar-refractivity contribution in [3.8, 4) is 17.2 Å². The lowest BCUT2D eigenvalue weighted by molar-refractivity contribution is 0.174. The van der Waals surface area contributed by atoms with Gasteiger partial charge in [0.15, 0.2) is 11.5 Å². The summed E-state index contributed by atoms with van der Waals surface area (Å²) in [5.41, 5.74) is 1.85. The first kappa shape index (κ1) is 18.7. The quantitative estimate of drug-likeness (QED) is 0.495. The summed E-state index contributed by atoms with van der Waals surface area (Å²) < 4.78 is 16.7. The second-order valence-electron chi connectivity index (χ2n) is 7.08. The number of aromatic nitrogens is 3. The summed E-state index contributed by atoms with van der Waals surface area (Å²) in [7, 11) is 1.56. The van der Waals surface area contributed by atoms with Gasteiger partial charge in [-0.2, -0.15) is 5.10 Å². The number of methoxy groups -OCH3 is 1. The lowest BCUT2D eigenvalue weighted by atomic mass is 10.1. The van der Waals surface area contributed by atoms with Crippen LogP contribution in [-0.2, 0) is 0 Å². The summed E-state index contributed by atoms with van der Waals surface area (Å²) >= 11 is 0. The number of benzene rings is 2. The Balaban J connectivity index is 1.52. The molecule has 2 N–H and O–H groups in total. The van der Waals surface area contributed by atoms with E-state index in [0.29, 0.717) is 33.7 Å². The standard InChI is InChI=1S/C22H18N4O5/c1-12(7-13-3-6-17-18(8-13)31-11-30-17)10-23-26-21(27)20-19(25-22(26)28)15-9-14(29-2)4-5-16(15)24-20/h3-10,24H,11H2,1-2H3,(H,25,28). The molecule has 156 valence electrons. The number of hydrogen-bond donors (Lipinski definition) is 2. The molecule has 9 nitrogen and oxygen atoms in total. The van der Waals surface area contributed by atoms with Crippen LogP contribution in [0.4, 0.5) is 0 Å². The third kappa shape index (κ3) is 3.25. The minimum Gasteiger partial charge on any atom is -0.497 e. The molecule has 0 aliphatic carbocycles. The largest absolute Gasteiger partial charge is 0.497 e. The second kappa shape index (κ2) is 7.21. The van der Waals surface area contributed by atoms with Gasteiger partial charge < -0.3 is 24.2 Å². The number of fused-ring (bicyclic) bond motifs is 4. The summed E-state index contributed by atoms with van der Waals surface area (Å²) in [6, 6.07) is 10.9. The molecule has 0 bridgehead atoms. The van der Waals surface area contributed by atoms with Crippen molar-refractivity contribution in [3.63, 3.8) is 0 Å². The molecule has 3 heterocycles. The highest BCUT2D eigenvalue weighted by Gasteiger charge is 2.14. The third-order valence-electron chi connectivity index (χ3n) is 5.00. The maximum absolute atomic E-state index is 12.9. The Kier molecular flexibility index (Phi) is 4.36. The molecule has 0 atom stereocenters. The molecule has 0 amide bonds. The van der Waals surface area contributed by atoms with Crippen molar-refractivity contribution in [3.05, 3.63) is 68.4 Å². The fourth-order valence-electron chi connectivity index (χ4n) is 3.50. The number of allylic oxidation sites excluding steroid dienone is 1. The highest BCUT2D eigenvalue weighted by atomic mass is 16.7. The van der Waals surface area contributed by atoms with Crippen molar-refractivity contribution in [2.24, 2.45) is 5.10 Å². The second-order valence-corrected chi connectivity index (χ2v) is 7.08. The van der Waals surface area contributed by atoms with Gasteiger partial charge in [-0.1, -0.05) is 12.1 Å². The van der Waals surface area contributed by atoms with Crippen molar-refractivity contribution in [2.75, 3.05) is 13.9 Å². The van der Waals surface area contributed by atoms with Gasteiger partial charge in [-0.05, 0) is 48.4 Å². The lowest BCUT2D eigenvalue weighted by Crippen LogP contribution is -2.32. The van der Waals surface area contributed by atoms with Crippen molar-refractivity contribution >= 4 is 34.2 Å². The third-order valence-corrected chi connectivity index (χ3v) is 5.00. The molecule has 0 spiro atoms. The number of nitrogens with one attached hydrogen (secondary N) is 2. The number of aromatic amines is 2. The maximum Gasteiger partial charge on any atom is 0.350 e. The van der Waals surface area contributed by atoms with E-state index >= 15 is 0 Å². The molecule has 9 heteroatoms. The van der Waals surface area contributed by atoms with Gasteiger partial charge in [0.2, 0.25) is 6.79 Å². The van der Waals surface area contributed by atoms with Crippen LogP contribution >= 0.6 is 0 Å². The molecule has 4 aromatic rings. The van der Waals surface area contributed by atoms with Gasteiger partial charge >= 0.3 is 11.2 Å². The summed E-state index contributed by atoms with van der Waals surface area (Å²) in [6.07, 6.45) is 3.32. The number of hydrogen-bond acceptors (Lipinski definition) is 6. The van der Waals surface area contributed by atoms with E-state index in [0.717, 1.165) is 15.8 Å². The lowest BCUT2D eigenvalue weighted by Gasteiger charge is -2.00. The number of rotatable bonds is 4. The summed E-state index contributed by atoms with van der Waals surface area (Å²) in [6.45, 7) is 2.03.